The van der Waals surface area contributed by atoms with Crippen LogP contribution in [0.3, 0.4) is 0 Å². The Kier molecular flexibility index (Phi) is 8.04. The number of benzene rings is 7. The van der Waals surface area contributed by atoms with Gasteiger partial charge in [0.25, 0.3) is 0 Å². The fraction of sp³-hybridized carbons (Fsp3) is 0. The molecule has 0 spiro atoms. The Labute approximate surface area is 318 Å². The van der Waals surface area contributed by atoms with Crippen LogP contribution in [0.25, 0.3) is 95.6 Å². The fourth-order valence-electron chi connectivity index (χ4n) is 7.21. The van der Waals surface area contributed by atoms with Crippen molar-refractivity contribution in [2.24, 2.45) is 0 Å². The van der Waals surface area contributed by atoms with E-state index in [9.17, 15) is 0 Å². The summed E-state index contributed by atoms with van der Waals surface area (Å²) >= 11 is 0. The van der Waals surface area contributed by atoms with Gasteiger partial charge in [-0.25, -0.2) is 15.0 Å². The number of nitrogens with zero attached hydrogens (tertiary/aromatic N) is 6. The second-order valence-electron chi connectivity index (χ2n) is 13.4. The Morgan fingerprint density at radius 3 is 1.25 bits per heavy atom. The predicted octanol–water partition coefficient (Wildman–Crippen LogP) is 11.8. The summed E-state index contributed by atoms with van der Waals surface area (Å²) in [7, 11) is 0. The molecule has 3 aromatic heterocycles. The molecule has 0 radical (unpaired) electrons. The zero-order valence-corrected chi connectivity index (χ0v) is 29.7. The van der Waals surface area contributed by atoms with E-state index in [-0.39, 0.29) is 0 Å². The molecule has 7 aromatic carbocycles. The van der Waals surface area contributed by atoms with Crippen LogP contribution in [0.1, 0.15) is 0 Å². The fourth-order valence-corrected chi connectivity index (χ4v) is 7.21. The van der Waals surface area contributed by atoms with Crippen LogP contribution < -0.4 is 0 Å². The number of rotatable bonds is 7. The van der Waals surface area contributed by atoms with Gasteiger partial charge in [0.1, 0.15) is 0 Å². The summed E-state index contributed by atoms with van der Waals surface area (Å²) in [6.07, 6.45) is 0. The third kappa shape index (κ3) is 6.11. The molecular weight excluding hydrogens is 673 g/mol. The Bertz CT molecular complexity index is 2860. The Morgan fingerprint density at radius 1 is 0.273 bits per heavy atom. The summed E-state index contributed by atoms with van der Waals surface area (Å²) in [4.78, 5) is 25.4. The van der Waals surface area contributed by atoms with Crippen molar-refractivity contribution in [2.45, 2.75) is 0 Å². The molecule has 6 heteroatoms. The molecule has 0 amide bonds. The van der Waals surface area contributed by atoms with Crippen LogP contribution in [0.4, 0.5) is 0 Å². The number of hydrogen-bond acceptors (Lipinski definition) is 5. The lowest BCUT2D eigenvalue weighted by molar-refractivity contribution is 0.953. The van der Waals surface area contributed by atoms with Gasteiger partial charge in [-0.2, -0.15) is 9.97 Å². The van der Waals surface area contributed by atoms with Gasteiger partial charge in [-0.1, -0.05) is 164 Å². The third-order valence-electron chi connectivity index (χ3n) is 9.88. The van der Waals surface area contributed by atoms with Crippen LogP contribution in [-0.2, 0) is 0 Å². The van der Waals surface area contributed by atoms with Crippen molar-refractivity contribution in [1.29, 1.82) is 0 Å². The highest BCUT2D eigenvalue weighted by molar-refractivity contribution is 6.09. The van der Waals surface area contributed by atoms with Gasteiger partial charge in [0.15, 0.2) is 17.5 Å². The molecule has 3 heterocycles. The quantitative estimate of drug-likeness (QED) is 0.165. The molecule has 0 unspecified atom stereocenters. The molecule has 0 saturated heterocycles. The first-order valence-electron chi connectivity index (χ1n) is 18.3. The molecule has 0 atom stereocenters. The van der Waals surface area contributed by atoms with Gasteiger partial charge in [0.2, 0.25) is 5.95 Å². The molecule has 10 rings (SSSR count). The summed E-state index contributed by atoms with van der Waals surface area (Å²) in [5.41, 5.74) is 10.7. The maximum atomic E-state index is 5.17. The standard InChI is InChI=1S/C49H32N6/c1-4-16-33(17-5-1)42-32-43(51-46(50-42)34-18-6-2-7-19-34)38-24-14-22-36(30-38)37-23-15-25-39(31-37)48-52-47(35-20-8-3-9-21-35)53-49(54-48)55-44-28-12-10-26-40(44)41-27-11-13-29-45(41)55/h1-32H. The van der Waals surface area contributed by atoms with Crippen molar-refractivity contribution in [2.75, 3.05) is 0 Å². The van der Waals surface area contributed by atoms with Crippen molar-refractivity contribution in [3.63, 3.8) is 0 Å². The van der Waals surface area contributed by atoms with Crippen LogP contribution in [0, 0.1) is 0 Å². The van der Waals surface area contributed by atoms with E-state index in [0.29, 0.717) is 23.4 Å². The second kappa shape index (κ2) is 13.8. The molecule has 0 aliphatic heterocycles. The van der Waals surface area contributed by atoms with Crippen molar-refractivity contribution >= 4 is 21.8 Å². The maximum Gasteiger partial charge on any atom is 0.238 e. The van der Waals surface area contributed by atoms with Gasteiger partial charge >= 0.3 is 0 Å². The van der Waals surface area contributed by atoms with Gasteiger partial charge in [0.05, 0.1) is 22.4 Å². The van der Waals surface area contributed by atoms with E-state index < -0.39 is 0 Å². The summed E-state index contributed by atoms with van der Waals surface area (Å²) < 4.78 is 2.14. The summed E-state index contributed by atoms with van der Waals surface area (Å²) in [5, 5.41) is 2.30. The van der Waals surface area contributed by atoms with Gasteiger partial charge in [-0.05, 0) is 41.5 Å². The van der Waals surface area contributed by atoms with E-state index >= 15 is 0 Å². The predicted molar refractivity (Wildman–Crippen MR) is 222 cm³/mol. The van der Waals surface area contributed by atoms with Crippen molar-refractivity contribution in [3.05, 3.63) is 194 Å². The monoisotopic (exact) mass is 704 g/mol. The second-order valence-corrected chi connectivity index (χ2v) is 13.4. The molecule has 0 N–H and O–H groups in total. The Morgan fingerprint density at radius 2 is 0.673 bits per heavy atom. The number of fused-ring (bicyclic) bond motifs is 3. The van der Waals surface area contributed by atoms with E-state index in [2.05, 4.69) is 120 Å². The zero-order valence-electron chi connectivity index (χ0n) is 29.7. The summed E-state index contributed by atoms with van der Waals surface area (Å²) in [5.74, 6) is 2.47. The minimum atomic E-state index is 0.570. The van der Waals surface area contributed by atoms with Crippen LogP contribution in [0.5, 0.6) is 0 Å². The highest BCUT2D eigenvalue weighted by atomic mass is 15.2. The highest BCUT2D eigenvalue weighted by Crippen LogP contribution is 2.34. The summed E-state index contributed by atoms with van der Waals surface area (Å²) in [6.45, 7) is 0. The number of para-hydroxylation sites is 2. The lowest BCUT2D eigenvalue weighted by Crippen LogP contribution is -2.06. The van der Waals surface area contributed by atoms with E-state index in [1.54, 1.807) is 0 Å². The molecule has 258 valence electrons. The van der Waals surface area contributed by atoms with E-state index in [0.717, 1.165) is 72.1 Å². The minimum Gasteiger partial charge on any atom is -0.278 e. The van der Waals surface area contributed by atoms with E-state index in [4.69, 9.17) is 24.9 Å². The minimum absolute atomic E-state index is 0.570. The largest absolute Gasteiger partial charge is 0.278 e. The molecule has 0 bridgehead atoms. The van der Waals surface area contributed by atoms with Gasteiger partial charge in [-0.3, -0.25) is 4.57 Å². The molecule has 0 saturated carbocycles. The molecule has 0 fully saturated rings. The van der Waals surface area contributed by atoms with Crippen molar-refractivity contribution in [3.8, 4) is 73.8 Å². The molecule has 10 aromatic rings. The van der Waals surface area contributed by atoms with Crippen molar-refractivity contribution in [1.82, 2.24) is 29.5 Å². The van der Waals surface area contributed by atoms with Crippen LogP contribution in [0.2, 0.25) is 0 Å². The molecule has 6 nitrogen and oxygen atoms in total. The molecule has 0 aliphatic carbocycles. The van der Waals surface area contributed by atoms with Gasteiger partial charge in [0, 0.05) is 38.6 Å². The van der Waals surface area contributed by atoms with E-state index in [1.165, 1.54) is 0 Å². The smallest absolute Gasteiger partial charge is 0.238 e. The highest BCUT2D eigenvalue weighted by Gasteiger charge is 2.18. The lowest BCUT2D eigenvalue weighted by Gasteiger charge is -2.12. The topological polar surface area (TPSA) is 69.4 Å². The Hall–Kier alpha value is -7.57. The Balaban J connectivity index is 1.09. The maximum absolute atomic E-state index is 5.17. The average molecular weight is 705 g/mol. The van der Waals surface area contributed by atoms with Crippen LogP contribution >= 0.6 is 0 Å². The summed E-state index contributed by atoms with van der Waals surface area (Å²) in [6, 6.07) is 66.3. The first-order chi connectivity index (χ1) is 27.2. The average Bonchev–Trinajstić information content (AvgIpc) is 3.61. The first-order valence-corrected chi connectivity index (χ1v) is 18.3. The lowest BCUT2D eigenvalue weighted by atomic mass is 9.99. The normalized spacial score (nSPS) is 11.3. The zero-order chi connectivity index (χ0) is 36.6. The van der Waals surface area contributed by atoms with Gasteiger partial charge in [-0.15, -0.1) is 0 Å². The number of hydrogen-bond donors (Lipinski definition) is 0. The van der Waals surface area contributed by atoms with E-state index in [1.807, 2.05) is 78.9 Å². The SMILES string of the molecule is c1ccc(-c2cc(-c3cccc(-c4cccc(-c5nc(-c6ccccc6)nc(-n6c7ccccc7c7ccccc76)n5)c4)c3)nc(-c3ccccc3)n2)cc1. The van der Waals surface area contributed by atoms with Crippen molar-refractivity contribution < 1.29 is 0 Å². The first kappa shape index (κ1) is 32.1. The molecular formula is C49H32N6. The third-order valence-corrected chi connectivity index (χ3v) is 9.88. The van der Waals surface area contributed by atoms with Gasteiger partial charge < -0.3 is 0 Å². The van der Waals surface area contributed by atoms with Crippen LogP contribution in [-0.4, -0.2) is 29.5 Å². The van der Waals surface area contributed by atoms with Crippen LogP contribution in [0.15, 0.2) is 194 Å². The number of aromatic nitrogens is 6. The molecule has 0 aliphatic rings. The molecule has 55 heavy (non-hydrogen) atoms.